The molecule has 1 aromatic carbocycles. The van der Waals surface area contributed by atoms with Crippen LogP contribution in [0.2, 0.25) is 0 Å². The summed E-state index contributed by atoms with van der Waals surface area (Å²) in [7, 11) is 0. The second-order valence-electron chi connectivity index (χ2n) is 5.63. The van der Waals surface area contributed by atoms with Crippen molar-refractivity contribution in [1.29, 1.82) is 0 Å². The van der Waals surface area contributed by atoms with Gasteiger partial charge < -0.3 is 19.9 Å². The van der Waals surface area contributed by atoms with E-state index in [0.29, 0.717) is 12.4 Å². The van der Waals surface area contributed by atoms with Crippen LogP contribution in [0.25, 0.3) is 0 Å². The fourth-order valence-electron chi connectivity index (χ4n) is 1.95. The summed E-state index contributed by atoms with van der Waals surface area (Å²) < 4.78 is 62.9. The number of benzene rings is 1. The largest absolute Gasteiger partial charge is 0.491 e. The topological polar surface area (TPSA) is 50.7 Å². The monoisotopic (exact) mass is 314 g/mol. The lowest BCUT2D eigenvalue weighted by molar-refractivity contribution is 0.104. The van der Waals surface area contributed by atoms with Crippen molar-refractivity contribution in [2.75, 3.05) is 26.4 Å². The van der Waals surface area contributed by atoms with Crippen molar-refractivity contribution in [3.8, 4) is 5.75 Å². The minimum absolute atomic E-state index is 0.172. The quantitative estimate of drug-likeness (QED) is 0.616. The molecule has 0 spiro atoms. The summed E-state index contributed by atoms with van der Waals surface area (Å²) >= 11 is 0. The molecule has 1 aliphatic rings. The lowest BCUT2D eigenvalue weighted by Gasteiger charge is -2.15. The number of aliphatic hydroxyl groups is 1. The van der Waals surface area contributed by atoms with Crippen LogP contribution in [-0.2, 0) is 11.2 Å². The highest BCUT2D eigenvalue weighted by molar-refractivity contribution is 5.27. The highest BCUT2D eigenvalue weighted by atomic mass is 16.5. The minimum atomic E-state index is -3.09. The fraction of sp³-hybridized carbons (Fsp3) is 0.667. The molecule has 1 atom stereocenters. The van der Waals surface area contributed by atoms with E-state index in [0.717, 1.165) is 24.5 Å². The Balaban J connectivity index is 1.74. The maximum atomic E-state index is 10.00. The predicted octanol–water partition coefficient (Wildman–Crippen LogP) is 2.39. The number of hydrogen-bond acceptors (Lipinski definition) is 4. The molecule has 0 saturated heterocycles. The van der Waals surface area contributed by atoms with Gasteiger partial charge in [0, 0.05) is 28.8 Å². The first-order valence-electron chi connectivity index (χ1n) is 11.1. The molecule has 1 saturated carbocycles. The molecule has 0 aromatic heterocycles. The van der Waals surface area contributed by atoms with Gasteiger partial charge in [-0.2, -0.15) is 0 Å². The van der Waals surface area contributed by atoms with Gasteiger partial charge in [-0.1, -0.05) is 25.8 Å². The third-order valence-electron chi connectivity index (χ3n) is 3.47. The standard InChI is InChI=1S/C18H29NO3/c1-14(2)19-11-17(20)13-22-18-7-5-15(6-8-18)9-10-21-12-16-3-4-16/h5-8,14,16-17,19-20H,3-4,9-13H2,1-2H3/i1D3,2D3,14D. The van der Waals surface area contributed by atoms with Gasteiger partial charge in [0.1, 0.15) is 18.5 Å². The van der Waals surface area contributed by atoms with Gasteiger partial charge in [-0.05, 0) is 42.9 Å². The maximum Gasteiger partial charge on any atom is 0.119 e. The van der Waals surface area contributed by atoms with Crippen LogP contribution in [0, 0.1) is 5.92 Å². The van der Waals surface area contributed by atoms with Crippen LogP contribution in [0.3, 0.4) is 0 Å². The molecule has 0 aliphatic heterocycles. The van der Waals surface area contributed by atoms with E-state index in [1.165, 1.54) is 12.8 Å². The predicted molar refractivity (Wildman–Crippen MR) is 88.3 cm³/mol. The average molecular weight is 314 g/mol. The van der Waals surface area contributed by atoms with Gasteiger partial charge >= 0.3 is 0 Å². The summed E-state index contributed by atoms with van der Waals surface area (Å²) in [6.07, 6.45) is 2.15. The Morgan fingerprint density at radius 3 is 2.82 bits per heavy atom. The zero-order chi connectivity index (χ0) is 21.7. The summed E-state index contributed by atoms with van der Waals surface area (Å²) in [5, 5.41) is 12.2. The Morgan fingerprint density at radius 2 is 2.14 bits per heavy atom. The maximum absolute atomic E-state index is 10.00. The molecule has 0 amide bonds. The first-order valence-corrected chi connectivity index (χ1v) is 7.65. The highest BCUT2D eigenvalue weighted by Gasteiger charge is 2.20. The van der Waals surface area contributed by atoms with Crippen molar-refractivity contribution in [3.05, 3.63) is 29.8 Å². The lowest BCUT2D eigenvalue weighted by Crippen LogP contribution is -2.35. The fourth-order valence-corrected chi connectivity index (χ4v) is 1.95. The second kappa shape index (κ2) is 9.13. The Hall–Kier alpha value is -1.10. The summed E-state index contributed by atoms with van der Waals surface area (Å²) in [5.41, 5.74) is 1.10. The van der Waals surface area contributed by atoms with Crippen LogP contribution in [0.4, 0.5) is 0 Å². The van der Waals surface area contributed by atoms with Gasteiger partial charge in [-0.25, -0.2) is 0 Å². The zero-order valence-corrected chi connectivity index (χ0v) is 12.7. The Morgan fingerprint density at radius 1 is 1.36 bits per heavy atom. The van der Waals surface area contributed by atoms with Gasteiger partial charge in [-0.3, -0.25) is 0 Å². The number of ether oxygens (including phenoxy) is 2. The van der Waals surface area contributed by atoms with E-state index in [2.05, 4.69) is 5.32 Å². The molecular formula is C18H29NO3. The molecule has 1 aliphatic carbocycles. The van der Waals surface area contributed by atoms with Crippen molar-refractivity contribution >= 4 is 0 Å². The van der Waals surface area contributed by atoms with E-state index < -0.39 is 32.4 Å². The molecule has 124 valence electrons. The molecule has 22 heavy (non-hydrogen) atoms. The van der Waals surface area contributed by atoms with Crippen molar-refractivity contribution in [3.63, 3.8) is 0 Å². The molecule has 0 bridgehead atoms. The smallest absolute Gasteiger partial charge is 0.119 e. The van der Waals surface area contributed by atoms with Crippen LogP contribution in [0.1, 0.15) is 41.7 Å². The van der Waals surface area contributed by atoms with E-state index in [1.54, 1.807) is 12.1 Å². The summed E-state index contributed by atoms with van der Waals surface area (Å²) in [6.45, 7) is -5.25. The van der Waals surface area contributed by atoms with Crippen LogP contribution < -0.4 is 10.1 Å². The molecular weight excluding hydrogens is 278 g/mol. The normalized spacial score (nSPS) is 22.3. The van der Waals surface area contributed by atoms with Crippen LogP contribution >= 0.6 is 0 Å². The molecule has 0 radical (unpaired) electrons. The van der Waals surface area contributed by atoms with E-state index >= 15 is 0 Å². The molecule has 4 nitrogen and oxygen atoms in total. The summed E-state index contributed by atoms with van der Waals surface area (Å²) in [4.78, 5) is 0. The third-order valence-corrected chi connectivity index (χ3v) is 3.47. The Labute approximate surface area is 143 Å². The molecule has 4 heteroatoms. The number of hydrogen-bond donors (Lipinski definition) is 2. The van der Waals surface area contributed by atoms with Gasteiger partial charge in [0.15, 0.2) is 0 Å². The van der Waals surface area contributed by atoms with Crippen molar-refractivity contribution in [1.82, 2.24) is 5.32 Å². The number of rotatable bonds is 11. The zero-order valence-electron chi connectivity index (χ0n) is 19.7. The minimum Gasteiger partial charge on any atom is -0.491 e. The van der Waals surface area contributed by atoms with Gasteiger partial charge in [0.2, 0.25) is 0 Å². The van der Waals surface area contributed by atoms with E-state index in [9.17, 15) is 5.11 Å². The molecule has 1 unspecified atom stereocenters. The van der Waals surface area contributed by atoms with Crippen molar-refractivity contribution in [2.45, 2.75) is 45.1 Å². The van der Waals surface area contributed by atoms with Crippen molar-refractivity contribution < 1.29 is 24.2 Å². The Bertz CT molecular complexity index is 616. The van der Waals surface area contributed by atoms with Gasteiger partial charge in [0.25, 0.3) is 0 Å². The van der Waals surface area contributed by atoms with Gasteiger partial charge in [0.05, 0.1) is 6.61 Å². The third kappa shape index (κ3) is 7.25. The van der Waals surface area contributed by atoms with Crippen LogP contribution in [0.5, 0.6) is 5.75 Å². The summed E-state index contributed by atoms with van der Waals surface area (Å²) in [6, 6.07) is 4.45. The second-order valence-corrected chi connectivity index (χ2v) is 5.63. The lowest BCUT2D eigenvalue weighted by atomic mass is 10.1. The van der Waals surface area contributed by atoms with Crippen LogP contribution in [0.15, 0.2) is 24.3 Å². The van der Waals surface area contributed by atoms with E-state index in [-0.39, 0.29) is 6.61 Å². The molecule has 1 fully saturated rings. The molecule has 2 rings (SSSR count). The highest BCUT2D eigenvalue weighted by Crippen LogP contribution is 2.28. The van der Waals surface area contributed by atoms with Gasteiger partial charge in [-0.15, -0.1) is 0 Å². The van der Waals surface area contributed by atoms with Crippen LogP contribution in [-0.4, -0.2) is 43.6 Å². The SMILES string of the molecule is [2H]C([2H])([2H])C([2H])(NCC(O)COc1ccc(CCOCC2CC2)cc1)C([2H])([2H])[2H]. The Kier molecular flexibility index (Phi) is 4.11. The first-order chi connectivity index (χ1) is 13.4. The average Bonchev–Trinajstić information content (AvgIpc) is 3.45. The first kappa shape index (κ1) is 9.91. The molecule has 1 aromatic rings. The van der Waals surface area contributed by atoms with Crippen molar-refractivity contribution in [2.24, 2.45) is 5.92 Å². The molecule has 2 N–H and O–H groups in total. The summed E-state index contributed by atoms with van der Waals surface area (Å²) in [5.74, 6) is 1.27. The molecule has 0 heterocycles. The number of aliphatic hydroxyl groups excluding tert-OH is 1. The van der Waals surface area contributed by atoms with E-state index in [1.807, 2.05) is 12.1 Å². The van der Waals surface area contributed by atoms with E-state index in [4.69, 9.17) is 19.1 Å². The number of nitrogens with one attached hydrogen (secondary N) is 1.